The first kappa shape index (κ1) is 18.0. The zero-order valence-corrected chi connectivity index (χ0v) is 15.6. The van der Waals surface area contributed by atoms with E-state index in [-0.39, 0.29) is 12.1 Å². The molecule has 0 saturated heterocycles. The topological polar surface area (TPSA) is 58.2 Å². The minimum absolute atomic E-state index is 0.0983. The van der Waals surface area contributed by atoms with Gasteiger partial charge in [0.2, 0.25) is 10.0 Å². The van der Waals surface area contributed by atoms with E-state index in [4.69, 9.17) is 0 Å². The number of rotatable bonds is 5. The lowest BCUT2D eigenvalue weighted by atomic mass is 9.90. The number of aryl methyl sites for hydroxylation is 2. The highest BCUT2D eigenvalue weighted by Gasteiger charge is 2.29. The molecule has 1 aliphatic rings. The Morgan fingerprint density at radius 1 is 0.920 bits per heavy atom. The van der Waals surface area contributed by atoms with Crippen LogP contribution in [0.3, 0.4) is 0 Å². The fourth-order valence-corrected chi connectivity index (χ4v) is 4.73. The van der Waals surface area contributed by atoms with Crippen LogP contribution in [-0.4, -0.2) is 20.5 Å². The molecule has 2 atom stereocenters. The molecular formula is C20H26N2O2S. The van der Waals surface area contributed by atoms with Gasteiger partial charge in [0, 0.05) is 17.8 Å². The molecule has 2 N–H and O–H groups in total. The van der Waals surface area contributed by atoms with Crippen LogP contribution in [0.5, 0.6) is 0 Å². The van der Waals surface area contributed by atoms with Crippen LogP contribution in [0.1, 0.15) is 36.8 Å². The quantitative estimate of drug-likeness (QED) is 0.849. The smallest absolute Gasteiger partial charge is 0.240 e. The summed E-state index contributed by atoms with van der Waals surface area (Å²) in [5.74, 6) is 0. The summed E-state index contributed by atoms with van der Waals surface area (Å²) in [5.41, 5.74) is 3.47. The zero-order chi connectivity index (χ0) is 17.9. The van der Waals surface area contributed by atoms with Crippen LogP contribution in [0.15, 0.2) is 53.4 Å². The van der Waals surface area contributed by atoms with Gasteiger partial charge < -0.3 is 5.32 Å². The Kier molecular flexibility index (Phi) is 5.45. The Bertz CT molecular complexity index is 819. The van der Waals surface area contributed by atoms with Crippen molar-refractivity contribution >= 4 is 15.7 Å². The minimum atomic E-state index is -3.49. The molecular weight excluding hydrogens is 332 g/mol. The maximum Gasteiger partial charge on any atom is 0.240 e. The second-order valence-corrected chi connectivity index (χ2v) is 8.61. The van der Waals surface area contributed by atoms with Gasteiger partial charge in [-0.15, -0.1) is 0 Å². The second kappa shape index (κ2) is 7.58. The third-order valence-electron chi connectivity index (χ3n) is 4.86. The van der Waals surface area contributed by atoms with Gasteiger partial charge >= 0.3 is 0 Å². The molecule has 3 rings (SSSR count). The van der Waals surface area contributed by atoms with Gasteiger partial charge in [0.15, 0.2) is 0 Å². The molecule has 4 nitrogen and oxygen atoms in total. The van der Waals surface area contributed by atoms with Crippen molar-refractivity contribution in [2.24, 2.45) is 0 Å². The molecule has 1 aliphatic carbocycles. The molecule has 1 fully saturated rings. The molecule has 0 unspecified atom stereocenters. The summed E-state index contributed by atoms with van der Waals surface area (Å²) in [5, 5.41) is 3.59. The van der Waals surface area contributed by atoms with E-state index in [1.807, 2.05) is 6.07 Å². The molecule has 0 amide bonds. The van der Waals surface area contributed by atoms with Gasteiger partial charge in [-0.25, -0.2) is 13.1 Å². The molecule has 25 heavy (non-hydrogen) atoms. The lowest BCUT2D eigenvalue weighted by Crippen LogP contribution is -2.48. The zero-order valence-electron chi connectivity index (χ0n) is 14.8. The van der Waals surface area contributed by atoms with E-state index in [0.29, 0.717) is 4.90 Å². The van der Waals surface area contributed by atoms with Gasteiger partial charge in [0.25, 0.3) is 0 Å². The number of hydrogen-bond acceptors (Lipinski definition) is 3. The largest absolute Gasteiger partial charge is 0.380 e. The van der Waals surface area contributed by atoms with Crippen LogP contribution in [0.2, 0.25) is 0 Å². The predicted octanol–water partition coefficient (Wildman–Crippen LogP) is 4.01. The van der Waals surface area contributed by atoms with Gasteiger partial charge in [0.1, 0.15) is 0 Å². The van der Waals surface area contributed by atoms with E-state index >= 15 is 0 Å². The Labute approximate surface area is 150 Å². The van der Waals surface area contributed by atoms with Crippen LogP contribution in [0.25, 0.3) is 0 Å². The third-order valence-corrected chi connectivity index (χ3v) is 6.37. The average Bonchev–Trinajstić information content (AvgIpc) is 2.60. The van der Waals surface area contributed by atoms with Crippen molar-refractivity contribution in [3.8, 4) is 0 Å². The lowest BCUT2D eigenvalue weighted by Gasteiger charge is -2.33. The molecule has 2 aromatic rings. The predicted molar refractivity (Wildman–Crippen MR) is 102 cm³/mol. The summed E-state index contributed by atoms with van der Waals surface area (Å²) < 4.78 is 28.3. The van der Waals surface area contributed by atoms with E-state index in [0.717, 1.165) is 31.4 Å². The van der Waals surface area contributed by atoms with Crippen molar-refractivity contribution in [1.29, 1.82) is 0 Å². The third kappa shape index (κ3) is 4.41. The van der Waals surface area contributed by atoms with Crippen LogP contribution < -0.4 is 10.0 Å². The van der Waals surface area contributed by atoms with E-state index in [2.05, 4.69) is 42.1 Å². The highest BCUT2D eigenvalue weighted by molar-refractivity contribution is 7.89. The molecule has 5 heteroatoms. The van der Waals surface area contributed by atoms with E-state index in [1.54, 1.807) is 24.3 Å². The fourth-order valence-electron chi connectivity index (χ4n) is 3.40. The lowest BCUT2D eigenvalue weighted by molar-refractivity contribution is 0.378. The summed E-state index contributed by atoms with van der Waals surface area (Å²) in [7, 11) is -3.49. The number of benzene rings is 2. The second-order valence-electron chi connectivity index (χ2n) is 6.89. The first-order valence-electron chi connectivity index (χ1n) is 8.87. The van der Waals surface area contributed by atoms with Gasteiger partial charge in [-0.05, 0) is 56.0 Å². The first-order chi connectivity index (χ1) is 12.0. The van der Waals surface area contributed by atoms with Crippen LogP contribution in [0, 0.1) is 13.8 Å². The summed E-state index contributed by atoms with van der Waals surface area (Å²) in [4.78, 5) is 0.325. The van der Waals surface area contributed by atoms with E-state index in [9.17, 15) is 8.42 Å². The van der Waals surface area contributed by atoms with Crippen molar-refractivity contribution in [3.05, 3.63) is 59.7 Å². The molecule has 0 aliphatic heterocycles. The maximum atomic E-state index is 12.7. The number of hydrogen-bond donors (Lipinski definition) is 2. The highest BCUT2D eigenvalue weighted by Crippen LogP contribution is 2.26. The van der Waals surface area contributed by atoms with Crippen molar-refractivity contribution in [2.45, 2.75) is 56.5 Å². The number of nitrogens with one attached hydrogen (secondary N) is 2. The van der Waals surface area contributed by atoms with Crippen LogP contribution >= 0.6 is 0 Å². The summed E-state index contributed by atoms with van der Waals surface area (Å²) in [6, 6.07) is 14.9. The molecule has 0 heterocycles. The summed E-state index contributed by atoms with van der Waals surface area (Å²) in [6.45, 7) is 4.15. The van der Waals surface area contributed by atoms with Gasteiger partial charge in [-0.1, -0.05) is 43.2 Å². The monoisotopic (exact) mass is 358 g/mol. The summed E-state index contributed by atoms with van der Waals surface area (Å²) in [6.07, 6.45) is 3.99. The average molecular weight is 359 g/mol. The van der Waals surface area contributed by atoms with Gasteiger partial charge in [0.05, 0.1) is 4.90 Å². The Hall–Kier alpha value is -1.85. The minimum Gasteiger partial charge on any atom is -0.380 e. The number of anilines is 1. The van der Waals surface area contributed by atoms with E-state index < -0.39 is 10.0 Å². The molecule has 0 radical (unpaired) electrons. The van der Waals surface area contributed by atoms with E-state index in [1.165, 1.54) is 11.1 Å². The molecule has 0 bridgehead atoms. The number of sulfonamides is 1. The highest BCUT2D eigenvalue weighted by atomic mass is 32.2. The normalized spacial score (nSPS) is 21.0. The maximum absolute atomic E-state index is 12.7. The molecule has 2 aromatic carbocycles. The SMILES string of the molecule is Cc1ccc(C)c(N[C@@H]2CCCC[C@@H]2NS(=O)(=O)c2ccccc2)c1. The molecule has 0 spiro atoms. The van der Waals surface area contributed by atoms with Gasteiger partial charge in [-0.2, -0.15) is 0 Å². The van der Waals surface area contributed by atoms with Crippen LogP contribution in [-0.2, 0) is 10.0 Å². The molecule has 1 saturated carbocycles. The Morgan fingerprint density at radius 2 is 1.60 bits per heavy atom. The Balaban J connectivity index is 1.78. The first-order valence-corrected chi connectivity index (χ1v) is 10.4. The summed E-state index contributed by atoms with van der Waals surface area (Å²) >= 11 is 0. The standard InChI is InChI=1S/C20H26N2O2S/c1-15-12-13-16(2)20(14-15)21-18-10-6-7-11-19(18)22-25(23,24)17-8-4-3-5-9-17/h3-5,8-9,12-14,18-19,21-22H,6-7,10-11H2,1-2H3/t18-,19+/m1/s1. The van der Waals surface area contributed by atoms with Crippen molar-refractivity contribution in [3.63, 3.8) is 0 Å². The van der Waals surface area contributed by atoms with Crippen molar-refractivity contribution in [1.82, 2.24) is 4.72 Å². The fraction of sp³-hybridized carbons (Fsp3) is 0.400. The molecule has 0 aromatic heterocycles. The van der Waals surface area contributed by atoms with Gasteiger partial charge in [-0.3, -0.25) is 0 Å². The van der Waals surface area contributed by atoms with Crippen LogP contribution in [0.4, 0.5) is 5.69 Å². The van der Waals surface area contributed by atoms with Crippen molar-refractivity contribution in [2.75, 3.05) is 5.32 Å². The Morgan fingerprint density at radius 3 is 2.32 bits per heavy atom. The van der Waals surface area contributed by atoms with Crippen molar-refractivity contribution < 1.29 is 8.42 Å². The molecule has 134 valence electrons.